The molecule has 0 saturated heterocycles. The molecule has 0 aliphatic rings. The number of carbonyl (C=O) groups is 1. The number of rotatable bonds is 4. The Kier molecular flexibility index (Phi) is 4.11. The number of hydrogen-bond acceptors (Lipinski definition) is 5. The maximum absolute atomic E-state index is 11.2. The lowest BCUT2D eigenvalue weighted by molar-refractivity contribution is -0.114. The van der Waals surface area contributed by atoms with Gasteiger partial charge in [0.1, 0.15) is 5.69 Å². The molecule has 7 nitrogen and oxygen atoms in total. The maximum Gasteiger partial charge on any atom is 0.221 e. The number of anilines is 1. The van der Waals surface area contributed by atoms with Crippen LogP contribution in [-0.4, -0.2) is 25.9 Å². The minimum absolute atomic E-state index is 0.127. The molecule has 116 valence electrons. The number of nitrogens with two attached hydrogens (primary N) is 1. The lowest BCUT2D eigenvalue weighted by Gasteiger charge is -2.09. The van der Waals surface area contributed by atoms with Crippen LogP contribution in [0.3, 0.4) is 0 Å². The van der Waals surface area contributed by atoms with Gasteiger partial charge in [0.25, 0.3) is 0 Å². The number of nitrogens with zero attached hydrogens (tertiary/aromatic N) is 4. The van der Waals surface area contributed by atoms with E-state index in [9.17, 15) is 4.79 Å². The van der Waals surface area contributed by atoms with Crippen molar-refractivity contribution in [1.29, 1.82) is 0 Å². The van der Waals surface area contributed by atoms with E-state index in [1.54, 1.807) is 17.1 Å². The van der Waals surface area contributed by atoms with Crippen molar-refractivity contribution in [2.45, 2.75) is 13.5 Å². The SMILES string of the molecule is CC(=O)Nc1cccc(-n2nnc(CN)c2-c2ccncc2)c1. The van der Waals surface area contributed by atoms with E-state index >= 15 is 0 Å². The van der Waals surface area contributed by atoms with Gasteiger partial charge in [0.2, 0.25) is 5.91 Å². The van der Waals surface area contributed by atoms with E-state index < -0.39 is 0 Å². The number of pyridine rings is 1. The van der Waals surface area contributed by atoms with Gasteiger partial charge < -0.3 is 11.1 Å². The van der Waals surface area contributed by atoms with Crippen molar-refractivity contribution in [2.75, 3.05) is 5.32 Å². The van der Waals surface area contributed by atoms with Crippen molar-refractivity contribution in [3.05, 3.63) is 54.5 Å². The summed E-state index contributed by atoms with van der Waals surface area (Å²) in [6.07, 6.45) is 3.42. The van der Waals surface area contributed by atoms with Crippen LogP contribution in [0.4, 0.5) is 5.69 Å². The molecule has 0 saturated carbocycles. The Morgan fingerprint density at radius 2 is 2.04 bits per heavy atom. The third-order valence-electron chi connectivity index (χ3n) is 3.30. The maximum atomic E-state index is 11.2. The first-order valence-electron chi connectivity index (χ1n) is 7.12. The van der Waals surface area contributed by atoms with E-state index in [-0.39, 0.29) is 12.5 Å². The highest BCUT2D eigenvalue weighted by Gasteiger charge is 2.15. The Labute approximate surface area is 133 Å². The van der Waals surface area contributed by atoms with Gasteiger partial charge in [-0.2, -0.15) is 0 Å². The van der Waals surface area contributed by atoms with Gasteiger partial charge in [0.15, 0.2) is 0 Å². The monoisotopic (exact) mass is 308 g/mol. The molecule has 0 bridgehead atoms. The standard InChI is InChI=1S/C16H16N6O/c1-11(23)19-13-3-2-4-14(9-13)22-16(15(10-17)20-21-22)12-5-7-18-8-6-12/h2-9H,10,17H2,1H3,(H,19,23). The van der Waals surface area contributed by atoms with E-state index in [2.05, 4.69) is 20.6 Å². The first kappa shape index (κ1) is 14.9. The number of nitrogens with one attached hydrogen (secondary N) is 1. The molecule has 0 fully saturated rings. The molecular formula is C16H16N6O. The first-order valence-corrected chi connectivity index (χ1v) is 7.12. The van der Waals surface area contributed by atoms with E-state index in [0.717, 1.165) is 16.9 Å². The number of amides is 1. The summed E-state index contributed by atoms with van der Waals surface area (Å²) in [6.45, 7) is 1.75. The highest BCUT2D eigenvalue weighted by atomic mass is 16.1. The molecule has 1 aromatic carbocycles. The van der Waals surface area contributed by atoms with Crippen LogP contribution >= 0.6 is 0 Å². The van der Waals surface area contributed by atoms with E-state index in [1.165, 1.54) is 6.92 Å². The normalized spacial score (nSPS) is 10.5. The molecule has 0 radical (unpaired) electrons. The first-order chi connectivity index (χ1) is 11.2. The van der Waals surface area contributed by atoms with Crippen molar-refractivity contribution < 1.29 is 4.79 Å². The van der Waals surface area contributed by atoms with Crippen molar-refractivity contribution in [3.8, 4) is 16.9 Å². The third-order valence-corrected chi connectivity index (χ3v) is 3.30. The van der Waals surface area contributed by atoms with Gasteiger partial charge in [-0.05, 0) is 30.3 Å². The van der Waals surface area contributed by atoms with Gasteiger partial charge in [-0.15, -0.1) is 5.10 Å². The second-order valence-corrected chi connectivity index (χ2v) is 4.97. The van der Waals surface area contributed by atoms with Crippen LogP contribution in [0.5, 0.6) is 0 Å². The fourth-order valence-corrected chi connectivity index (χ4v) is 2.35. The molecule has 0 atom stereocenters. The highest BCUT2D eigenvalue weighted by Crippen LogP contribution is 2.25. The average Bonchev–Trinajstić information content (AvgIpc) is 2.99. The summed E-state index contributed by atoms with van der Waals surface area (Å²) in [5.74, 6) is -0.127. The molecule has 0 unspecified atom stereocenters. The van der Waals surface area contributed by atoms with Crippen LogP contribution in [0.2, 0.25) is 0 Å². The lowest BCUT2D eigenvalue weighted by Crippen LogP contribution is -2.07. The Balaban J connectivity index is 2.11. The molecule has 0 spiro atoms. The molecule has 1 amide bonds. The van der Waals surface area contributed by atoms with Crippen LogP contribution in [0.25, 0.3) is 16.9 Å². The van der Waals surface area contributed by atoms with Gasteiger partial charge in [-0.25, -0.2) is 4.68 Å². The summed E-state index contributed by atoms with van der Waals surface area (Å²) in [4.78, 5) is 15.3. The number of benzene rings is 1. The topological polar surface area (TPSA) is 98.7 Å². The lowest BCUT2D eigenvalue weighted by atomic mass is 10.1. The highest BCUT2D eigenvalue weighted by molar-refractivity contribution is 5.89. The predicted octanol–water partition coefficient (Wildman–Crippen LogP) is 1.75. The van der Waals surface area contributed by atoms with Gasteiger partial charge in [0.05, 0.1) is 11.4 Å². The molecule has 2 aromatic heterocycles. The van der Waals surface area contributed by atoms with Gasteiger partial charge in [-0.1, -0.05) is 11.3 Å². The minimum atomic E-state index is -0.127. The second kappa shape index (κ2) is 6.37. The molecule has 3 aromatic rings. The van der Waals surface area contributed by atoms with Crippen molar-refractivity contribution in [3.63, 3.8) is 0 Å². The van der Waals surface area contributed by atoms with Crippen molar-refractivity contribution in [1.82, 2.24) is 20.0 Å². The minimum Gasteiger partial charge on any atom is -0.326 e. The zero-order chi connectivity index (χ0) is 16.2. The molecular weight excluding hydrogens is 292 g/mol. The predicted molar refractivity (Wildman–Crippen MR) is 86.8 cm³/mol. The smallest absolute Gasteiger partial charge is 0.221 e. The number of carbonyl (C=O) groups excluding carboxylic acids is 1. The third kappa shape index (κ3) is 3.09. The molecule has 2 heterocycles. The Morgan fingerprint density at radius 3 is 2.74 bits per heavy atom. The van der Waals surface area contributed by atoms with E-state index in [4.69, 9.17) is 5.73 Å². The zero-order valence-corrected chi connectivity index (χ0v) is 12.6. The van der Waals surface area contributed by atoms with Gasteiger partial charge in [0, 0.05) is 37.1 Å². The van der Waals surface area contributed by atoms with E-state index in [1.807, 2.05) is 36.4 Å². The molecule has 23 heavy (non-hydrogen) atoms. The number of hydrogen-bond donors (Lipinski definition) is 2. The van der Waals surface area contributed by atoms with Gasteiger partial charge >= 0.3 is 0 Å². The quantitative estimate of drug-likeness (QED) is 0.765. The second-order valence-electron chi connectivity index (χ2n) is 4.97. The largest absolute Gasteiger partial charge is 0.326 e. The summed E-state index contributed by atoms with van der Waals surface area (Å²) in [5, 5.41) is 11.1. The summed E-state index contributed by atoms with van der Waals surface area (Å²) in [5.41, 5.74) is 9.71. The Morgan fingerprint density at radius 1 is 1.26 bits per heavy atom. The van der Waals surface area contributed by atoms with E-state index in [0.29, 0.717) is 11.4 Å². The Hall–Kier alpha value is -3.06. The summed E-state index contributed by atoms with van der Waals surface area (Å²) in [7, 11) is 0. The van der Waals surface area contributed by atoms with Crippen LogP contribution in [0, 0.1) is 0 Å². The van der Waals surface area contributed by atoms with Crippen LogP contribution < -0.4 is 11.1 Å². The fraction of sp³-hybridized carbons (Fsp3) is 0.125. The number of aromatic nitrogens is 4. The van der Waals surface area contributed by atoms with Crippen molar-refractivity contribution in [2.24, 2.45) is 5.73 Å². The molecule has 7 heteroatoms. The van der Waals surface area contributed by atoms with Crippen LogP contribution in [0.1, 0.15) is 12.6 Å². The van der Waals surface area contributed by atoms with Crippen molar-refractivity contribution >= 4 is 11.6 Å². The molecule has 3 rings (SSSR count). The summed E-state index contributed by atoms with van der Waals surface area (Å²) in [6, 6.07) is 11.2. The van der Waals surface area contributed by atoms with Crippen LogP contribution in [0.15, 0.2) is 48.8 Å². The van der Waals surface area contributed by atoms with Crippen LogP contribution in [-0.2, 0) is 11.3 Å². The Bertz CT molecular complexity index is 828. The molecule has 0 aliphatic heterocycles. The fourth-order valence-electron chi connectivity index (χ4n) is 2.35. The molecule has 3 N–H and O–H groups in total. The molecule has 0 aliphatic carbocycles. The summed E-state index contributed by atoms with van der Waals surface area (Å²) < 4.78 is 1.71. The van der Waals surface area contributed by atoms with Gasteiger partial charge in [-0.3, -0.25) is 9.78 Å². The average molecular weight is 308 g/mol. The summed E-state index contributed by atoms with van der Waals surface area (Å²) >= 11 is 0. The zero-order valence-electron chi connectivity index (χ0n) is 12.6.